The molecule has 1 aromatic heterocycles. The van der Waals surface area contributed by atoms with Crippen molar-refractivity contribution >= 4 is 16.9 Å². The normalized spacial score (nSPS) is 18.2. The van der Waals surface area contributed by atoms with Gasteiger partial charge in [0.1, 0.15) is 0 Å². The molecule has 1 fully saturated rings. The number of amides is 1. The zero-order valence-corrected chi connectivity index (χ0v) is 14.0. The summed E-state index contributed by atoms with van der Waals surface area (Å²) in [4.78, 5) is 24.4. The summed E-state index contributed by atoms with van der Waals surface area (Å²) in [5.41, 5.74) is 5.45. The highest BCUT2D eigenvalue weighted by atomic mass is 16.2. The minimum absolute atomic E-state index is 0.116. The van der Waals surface area contributed by atoms with Gasteiger partial charge in [0.15, 0.2) is 0 Å². The molecule has 5 heteroatoms. The molecule has 2 aromatic carbocycles. The Morgan fingerprint density at radius 1 is 1.12 bits per heavy atom. The van der Waals surface area contributed by atoms with E-state index in [-0.39, 0.29) is 5.91 Å². The van der Waals surface area contributed by atoms with E-state index < -0.39 is 0 Å². The summed E-state index contributed by atoms with van der Waals surface area (Å²) in [6.45, 7) is 3.73. The number of aromatic nitrogens is 2. The minimum atomic E-state index is 0.116. The van der Waals surface area contributed by atoms with E-state index in [1.807, 2.05) is 23.1 Å². The van der Waals surface area contributed by atoms with Gasteiger partial charge < -0.3 is 9.88 Å². The lowest BCUT2D eigenvalue weighted by Gasteiger charge is -2.47. The van der Waals surface area contributed by atoms with Crippen molar-refractivity contribution in [2.24, 2.45) is 0 Å². The maximum atomic E-state index is 12.7. The third-order valence-corrected chi connectivity index (χ3v) is 5.49. The number of aromatic amines is 1. The van der Waals surface area contributed by atoms with Gasteiger partial charge in [-0.25, -0.2) is 4.98 Å². The van der Waals surface area contributed by atoms with Gasteiger partial charge in [-0.3, -0.25) is 9.69 Å². The number of hydrogen-bond acceptors (Lipinski definition) is 3. The van der Waals surface area contributed by atoms with Crippen molar-refractivity contribution < 1.29 is 4.79 Å². The van der Waals surface area contributed by atoms with Gasteiger partial charge in [0.05, 0.1) is 17.4 Å². The molecule has 1 saturated heterocycles. The van der Waals surface area contributed by atoms with Gasteiger partial charge in [0, 0.05) is 37.8 Å². The summed E-state index contributed by atoms with van der Waals surface area (Å²) in [7, 11) is 0. The first-order valence-electron chi connectivity index (χ1n) is 8.81. The Kier molecular flexibility index (Phi) is 3.35. The van der Waals surface area contributed by atoms with Crippen molar-refractivity contribution in [3.63, 3.8) is 0 Å². The summed E-state index contributed by atoms with van der Waals surface area (Å²) in [5, 5.41) is 0. The van der Waals surface area contributed by atoms with Crippen molar-refractivity contribution in [2.75, 3.05) is 19.6 Å². The van der Waals surface area contributed by atoms with Crippen LogP contribution in [0.3, 0.4) is 0 Å². The Balaban J connectivity index is 1.25. The van der Waals surface area contributed by atoms with E-state index in [1.165, 1.54) is 11.1 Å². The topological polar surface area (TPSA) is 52.2 Å². The van der Waals surface area contributed by atoms with Gasteiger partial charge in [0.2, 0.25) is 0 Å². The van der Waals surface area contributed by atoms with Crippen LogP contribution in [0.25, 0.3) is 11.0 Å². The fourth-order valence-electron chi connectivity index (χ4n) is 3.93. The Bertz CT molecular complexity index is 942. The molecule has 2 aliphatic rings. The molecule has 0 unspecified atom stereocenters. The van der Waals surface area contributed by atoms with E-state index in [0.717, 1.165) is 49.2 Å². The number of carbonyl (C=O) groups excluding carboxylic acids is 1. The molecule has 0 spiro atoms. The lowest BCUT2D eigenvalue weighted by molar-refractivity contribution is 0.0218. The standard InChI is InChI=1S/C20H20N4O/c25-20(15-5-6-18-19(9-15)22-13-21-18)24-11-17(12-24)23-8-7-14-3-1-2-4-16(14)10-23/h1-6,9,13,17H,7-8,10-12H2,(H,21,22). The van der Waals surface area contributed by atoms with Crippen LogP contribution >= 0.6 is 0 Å². The second-order valence-corrected chi connectivity index (χ2v) is 6.99. The molecular weight excluding hydrogens is 312 g/mol. The third-order valence-electron chi connectivity index (χ3n) is 5.49. The number of carbonyl (C=O) groups is 1. The lowest BCUT2D eigenvalue weighted by Crippen LogP contribution is -2.61. The molecule has 0 bridgehead atoms. The molecule has 5 rings (SSSR count). The molecule has 25 heavy (non-hydrogen) atoms. The van der Waals surface area contributed by atoms with Crippen LogP contribution in [0.2, 0.25) is 0 Å². The van der Waals surface area contributed by atoms with Gasteiger partial charge in [-0.2, -0.15) is 0 Å². The van der Waals surface area contributed by atoms with Crippen LogP contribution in [-0.2, 0) is 13.0 Å². The first-order valence-corrected chi connectivity index (χ1v) is 8.81. The van der Waals surface area contributed by atoms with Crippen molar-refractivity contribution in [1.82, 2.24) is 19.8 Å². The molecular formula is C20H20N4O. The molecule has 1 amide bonds. The van der Waals surface area contributed by atoms with Gasteiger partial charge in [0.25, 0.3) is 5.91 Å². The highest BCUT2D eigenvalue weighted by Gasteiger charge is 2.36. The van der Waals surface area contributed by atoms with Gasteiger partial charge >= 0.3 is 0 Å². The number of imidazole rings is 1. The molecule has 1 N–H and O–H groups in total. The fourth-order valence-corrected chi connectivity index (χ4v) is 3.93. The van der Waals surface area contributed by atoms with E-state index >= 15 is 0 Å². The Labute approximate surface area is 146 Å². The molecule has 3 aromatic rings. The third kappa shape index (κ3) is 2.51. The number of H-pyrrole nitrogens is 1. The number of nitrogens with one attached hydrogen (secondary N) is 1. The maximum Gasteiger partial charge on any atom is 0.254 e. The molecule has 2 aliphatic heterocycles. The zero-order chi connectivity index (χ0) is 16.8. The Hall–Kier alpha value is -2.66. The molecule has 3 heterocycles. The predicted molar refractivity (Wildman–Crippen MR) is 96.3 cm³/mol. The van der Waals surface area contributed by atoms with Crippen LogP contribution in [-0.4, -0.2) is 51.4 Å². The summed E-state index contributed by atoms with van der Waals surface area (Å²) in [6.07, 6.45) is 2.77. The number of benzene rings is 2. The Morgan fingerprint density at radius 3 is 2.84 bits per heavy atom. The van der Waals surface area contributed by atoms with Crippen LogP contribution in [0.15, 0.2) is 48.8 Å². The van der Waals surface area contributed by atoms with Crippen LogP contribution in [0.4, 0.5) is 0 Å². The van der Waals surface area contributed by atoms with Crippen molar-refractivity contribution in [3.8, 4) is 0 Å². The van der Waals surface area contributed by atoms with Crippen LogP contribution in [0.5, 0.6) is 0 Å². The highest BCUT2D eigenvalue weighted by Crippen LogP contribution is 2.25. The molecule has 0 atom stereocenters. The van der Waals surface area contributed by atoms with Gasteiger partial charge in [-0.05, 0) is 35.7 Å². The van der Waals surface area contributed by atoms with E-state index in [1.54, 1.807) is 6.33 Å². The largest absolute Gasteiger partial charge is 0.345 e. The van der Waals surface area contributed by atoms with E-state index in [4.69, 9.17) is 0 Å². The molecule has 0 aliphatic carbocycles. The summed E-state index contributed by atoms with van der Waals surface area (Å²) >= 11 is 0. The summed E-state index contributed by atoms with van der Waals surface area (Å²) in [6, 6.07) is 14.8. The smallest absolute Gasteiger partial charge is 0.254 e. The average molecular weight is 332 g/mol. The Morgan fingerprint density at radius 2 is 1.96 bits per heavy atom. The molecule has 0 saturated carbocycles. The van der Waals surface area contributed by atoms with Crippen LogP contribution in [0.1, 0.15) is 21.5 Å². The molecule has 0 radical (unpaired) electrons. The monoisotopic (exact) mass is 332 g/mol. The van der Waals surface area contributed by atoms with Crippen molar-refractivity contribution in [3.05, 3.63) is 65.5 Å². The summed E-state index contributed by atoms with van der Waals surface area (Å²) < 4.78 is 0. The quantitative estimate of drug-likeness (QED) is 0.784. The predicted octanol–water partition coefficient (Wildman–Crippen LogP) is 2.45. The van der Waals surface area contributed by atoms with Crippen molar-refractivity contribution in [2.45, 2.75) is 19.0 Å². The molecule has 5 nitrogen and oxygen atoms in total. The fraction of sp³-hybridized carbons (Fsp3) is 0.300. The number of rotatable bonds is 2. The second-order valence-electron chi connectivity index (χ2n) is 6.99. The van der Waals surface area contributed by atoms with Crippen molar-refractivity contribution in [1.29, 1.82) is 0 Å². The van der Waals surface area contributed by atoms with Gasteiger partial charge in [-0.1, -0.05) is 24.3 Å². The number of hydrogen-bond donors (Lipinski definition) is 1. The van der Waals surface area contributed by atoms with E-state index in [2.05, 4.69) is 39.1 Å². The van der Waals surface area contributed by atoms with E-state index in [0.29, 0.717) is 6.04 Å². The summed E-state index contributed by atoms with van der Waals surface area (Å²) in [5.74, 6) is 0.116. The number of fused-ring (bicyclic) bond motifs is 2. The van der Waals surface area contributed by atoms with E-state index in [9.17, 15) is 4.79 Å². The average Bonchev–Trinajstić information content (AvgIpc) is 3.08. The SMILES string of the molecule is O=C(c1ccc2nc[nH]c2c1)N1CC(N2CCc3ccccc3C2)C1. The first-order chi connectivity index (χ1) is 12.3. The second kappa shape index (κ2) is 5.70. The zero-order valence-electron chi connectivity index (χ0n) is 14.0. The minimum Gasteiger partial charge on any atom is -0.345 e. The maximum absolute atomic E-state index is 12.7. The van der Waals surface area contributed by atoms with Gasteiger partial charge in [-0.15, -0.1) is 0 Å². The number of nitrogens with zero attached hydrogens (tertiary/aromatic N) is 3. The lowest BCUT2D eigenvalue weighted by atomic mass is 9.96. The van der Waals surface area contributed by atoms with Crippen LogP contribution < -0.4 is 0 Å². The highest BCUT2D eigenvalue weighted by molar-refractivity contribution is 5.97. The molecule has 126 valence electrons. The first kappa shape index (κ1) is 14.7. The van der Waals surface area contributed by atoms with Crippen LogP contribution in [0, 0.1) is 0 Å². The number of likely N-dealkylation sites (tertiary alicyclic amines) is 1.